The van der Waals surface area contributed by atoms with E-state index in [1.54, 1.807) is 13.3 Å². The highest BCUT2D eigenvalue weighted by molar-refractivity contribution is 9.10. The summed E-state index contributed by atoms with van der Waals surface area (Å²) in [6.45, 7) is 2.04. The lowest BCUT2D eigenvalue weighted by Gasteiger charge is -2.07. The predicted molar refractivity (Wildman–Crippen MR) is 62.6 cm³/mol. The summed E-state index contributed by atoms with van der Waals surface area (Å²) in [5, 5.41) is 4.23. The lowest BCUT2D eigenvalue weighted by atomic mass is 10.2. The van der Waals surface area contributed by atoms with E-state index in [2.05, 4.69) is 21.0 Å². The molecule has 4 heteroatoms. The number of ether oxygens (including phenoxy) is 1. The molecule has 1 aromatic carbocycles. The third-order valence-corrected chi connectivity index (χ3v) is 2.61. The Hall–Kier alpha value is -1.29. The monoisotopic (exact) mass is 266 g/mol. The summed E-state index contributed by atoms with van der Waals surface area (Å²) < 4.78 is 7.95. The first-order valence-corrected chi connectivity index (χ1v) is 5.35. The van der Waals surface area contributed by atoms with Crippen LogP contribution in [0.25, 0.3) is 5.69 Å². The van der Waals surface area contributed by atoms with Gasteiger partial charge in [0.2, 0.25) is 0 Å². The molecule has 78 valence electrons. The maximum Gasteiger partial charge on any atom is 0.119 e. The van der Waals surface area contributed by atoms with Gasteiger partial charge in [0.1, 0.15) is 5.75 Å². The van der Waals surface area contributed by atoms with Crippen LogP contribution in [0.5, 0.6) is 5.75 Å². The molecule has 0 N–H and O–H groups in total. The first-order valence-electron chi connectivity index (χ1n) is 4.56. The molecule has 15 heavy (non-hydrogen) atoms. The smallest absolute Gasteiger partial charge is 0.119 e. The molecule has 0 radical (unpaired) electrons. The Balaban J connectivity index is 2.45. The van der Waals surface area contributed by atoms with Crippen molar-refractivity contribution < 1.29 is 4.74 Å². The second-order valence-corrected chi connectivity index (χ2v) is 4.17. The van der Waals surface area contributed by atoms with E-state index in [9.17, 15) is 0 Å². The molecule has 0 saturated carbocycles. The van der Waals surface area contributed by atoms with Crippen molar-refractivity contribution in [3.05, 3.63) is 40.6 Å². The number of aromatic nitrogens is 2. The topological polar surface area (TPSA) is 27.1 Å². The molecule has 1 aromatic heterocycles. The Morgan fingerprint density at radius 2 is 2.20 bits per heavy atom. The summed E-state index contributed by atoms with van der Waals surface area (Å²) in [5.41, 5.74) is 2.19. The summed E-state index contributed by atoms with van der Waals surface area (Å²) in [5.74, 6) is 0.863. The predicted octanol–water partition coefficient (Wildman–Crippen LogP) is 2.95. The van der Waals surface area contributed by atoms with Gasteiger partial charge in [0.15, 0.2) is 0 Å². The van der Waals surface area contributed by atoms with Crippen LogP contribution in [-0.2, 0) is 0 Å². The van der Waals surface area contributed by atoms with Crippen LogP contribution >= 0.6 is 15.9 Å². The van der Waals surface area contributed by atoms with Gasteiger partial charge < -0.3 is 4.74 Å². The Morgan fingerprint density at radius 1 is 1.40 bits per heavy atom. The van der Waals surface area contributed by atoms with E-state index < -0.39 is 0 Å². The zero-order valence-corrected chi connectivity index (χ0v) is 10.2. The van der Waals surface area contributed by atoms with E-state index in [0.29, 0.717) is 0 Å². The highest BCUT2D eigenvalue weighted by Gasteiger charge is 2.03. The van der Waals surface area contributed by atoms with Crippen molar-refractivity contribution >= 4 is 15.9 Å². The lowest BCUT2D eigenvalue weighted by molar-refractivity contribution is 0.414. The maximum absolute atomic E-state index is 5.15. The SMILES string of the molecule is COc1ccc(-n2cc(Br)cn2)c(C)c1. The van der Waals surface area contributed by atoms with E-state index in [1.807, 2.05) is 36.0 Å². The standard InChI is InChI=1S/C11H11BrN2O/c1-8-5-10(15-2)3-4-11(8)14-7-9(12)6-13-14/h3-7H,1-2H3. The largest absolute Gasteiger partial charge is 0.497 e. The molecule has 0 bridgehead atoms. The Morgan fingerprint density at radius 3 is 2.73 bits per heavy atom. The van der Waals surface area contributed by atoms with E-state index in [1.165, 1.54) is 0 Å². The Labute approximate surface area is 96.8 Å². The fourth-order valence-electron chi connectivity index (χ4n) is 1.44. The first kappa shape index (κ1) is 10.2. The van der Waals surface area contributed by atoms with Crippen LogP contribution in [-0.4, -0.2) is 16.9 Å². The Bertz CT molecular complexity index is 479. The van der Waals surface area contributed by atoms with Crippen molar-refractivity contribution in [3.63, 3.8) is 0 Å². The molecule has 1 heterocycles. The van der Waals surface area contributed by atoms with E-state index in [0.717, 1.165) is 21.5 Å². The summed E-state index contributed by atoms with van der Waals surface area (Å²) in [7, 11) is 1.67. The second kappa shape index (κ2) is 4.06. The van der Waals surface area contributed by atoms with Crippen LogP contribution in [0.15, 0.2) is 35.1 Å². The average molecular weight is 267 g/mol. The molecular weight excluding hydrogens is 256 g/mol. The Kier molecular flexibility index (Phi) is 2.77. The van der Waals surface area contributed by atoms with Gasteiger partial charge in [-0.3, -0.25) is 0 Å². The van der Waals surface area contributed by atoms with E-state index in [4.69, 9.17) is 4.74 Å². The number of hydrogen-bond donors (Lipinski definition) is 0. The van der Waals surface area contributed by atoms with Gasteiger partial charge in [-0.2, -0.15) is 5.10 Å². The lowest BCUT2D eigenvalue weighted by Crippen LogP contribution is -1.97. The fourth-order valence-corrected chi connectivity index (χ4v) is 1.73. The summed E-state index contributed by atoms with van der Waals surface area (Å²) in [4.78, 5) is 0. The number of halogens is 1. The highest BCUT2D eigenvalue weighted by atomic mass is 79.9. The molecule has 3 nitrogen and oxygen atoms in total. The highest BCUT2D eigenvalue weighted by Crippen LogP contribution is 2.20. The minimum absolute atomic E-state index is 0.863. The second-order valence-electron chi connectivity index (χ2n) is 3.26. The fraction of sp³-hybridized carbons (Fsp3) is 0.182. The molecule has 2 rings (SSSR count). The summed E-state index contributed by atoms with van der Waals surface area (Å²) in [6.07, 6.45) is 3.69. The molecule has 0 aliphatic heterocycles. The molecule has 0 atom stereocenters. The number of nitrogens with zero attached hydrogens (tertiary/aromatic N) is 2. The quantitative estimate of drug-likeness (QED) is 0.836. The molecule has 0 saturated heterocycles. The zero-order chi connectivity index (χ0) is 10.8. The third kappa shape index (κ3) is 2.04. The first-order chi connectivity index (χ1) is 7.20. The molecule has 0 spiro atoms. The number of methoxy groups -OCH3 is 1. The van der Waals surface area contributed by atoms with Crippen molar-refractivity contribution in [2.45, 2.75) is 6.92 Å². The number of aryl methyl sites for hydroxylation is 1. The summed E-state index contributed by atoms with van der Waals surface area (Å²) in [6, 6.07) is 5.91. The normalized spacial score (nSPS) is 10.3. The van der Waals surface area contributed by atoms with Crippen LogP contribution in [0.1, 0.15) is 5.56 Å². The van der Waals surface area contributed by atoms with Gasteiger partial charge >= 0.3 is 0 Å². The van der Waals surface area contributed by atoms with Crippen molar-refractivity contribution in [1.29, 1.82) is 0 Å². The van der Waals surface area contributed by atoms with Gasteiger partial charge in [-0.05, 0) is 46.6 Å². The minimum Gasteiger partial charge on any atom is -0.497 e. The maximum atomic E-state index is 5.15. The molecule has 0 fully saturated rings. The van der Waals surface area contributed by atoms with E-state index in [-0.39, 0.29) is 0 Å². The van der Waals surface area contributed by atoms with Crippen LogP contribution < -0.4 is 4.74 Å². The molecular formula is C11H11BrN2O. The third-order valence-electron chi connectivity index (χ3n) is 2.20. The van der Waals surface area contributed by atoms with Crippen molar-refractivity contribution in [1.82, 2.24) is 9.78 Å². The van der Waals surface area contributed by atoms with Gasteiger partial charge in [0.25, 0.3) is 0 Å². The molecule has 2 aromatic rings. The van der Waals surface area contributed by atoms with Gasteiger partial charge in [0, 0.05) is 6.20 Å². The zero-order valence-electron chi connectivity index (χ0n) is 8.57. The number of benzene rings is 1. The molecule has 0 aliphatic rings. The molecule has 0 aliphatic carbocycles. The van der Waals surface area contributed by atoms with Gasteiger partial charge in [-0.15, -0.1) is 0 Å². The van der Waals surface area contributed by atoms with Gasteiger partial charge in [0.05, 0.1) is 23.5 Å². The van der Waals surface area contributed by atoms with Crippen LogP contribution in [0.3, 0.4) is 0 Å². The number of rotatable bonds is 2. The van der Waals surface area contributed by atoms with Crippen molar-refractivity contribution in [2.24, 2.45) is 0 Å². The summed E-state index contributed by atoms with van der Waals surface area (Å²) >= 11 is 3.37. The van der Waals surface area contributed by atoms with Crippen molar-refractivity contribution in [3.8, 4) is 11.4 Å². The molecule has 0 amide bonds. The number of hydrogen-bond acceptors (Lipinski definition) is 2. The molecule has 0 unspecified atom stereocenters. The van der Waals surface area contributed by atoms with Crippen LogP contribution in [0.4, 0.5) is 0 Å². The minimum atomic E-state index is 0.863. The average Bonchev–Trinajstić information content (AvgIpc) is 2.64. The van der Waals surface area contributed by atoms with Gasteiger partial charge in [-0.25, -0.2) is 4.68 Å². The van der Waals surface area contributed by atoms with Gasteiger partial charge in [-0.1, -0.05) is 0 Å². The van der Waals surface area contributed by atoms with Crippen molar-refractivity contribution in [2.75, 3.05) is 7.11 Å². The van der Waals surface area contributed by atoms with Crippen LogP contribution in [0.2, 0.25) is 0 Å². The van der Waals surface area contributed by atoms with E-state index >= 15 is 0 Å². The van der Waals surface area contributed by atoms with Crippen LogP contribution in [0, 0.1) is 6.92 Å².